The number of allylic oxidation sites excluding steroid dienone is 1. The molecule has 0 bridgehead atoms. The standard InChI is InChI=1S/C17H30N2O2/c1-18(17(20)21)14-10-16-8-6-15(7-9-16)5-4-13-19-11-2-3-12-19/h4-5,15-16H,2-3,6-14H2,1H3,(H,20,21)/b5-4+. The number of nitrogens with zero attached hydrogens (tertiary/aromatic N) is 2. The summed E-state index contributed by atoms with van der Waals surface area (Å²) in [5.74, 6) is 1.47. The van der Waals surface area contributed by atoms with Crippen LogP contribution in [-0.2, 0) is 0 Å². The molecule has 1 aliphatic carbocycles. The van der Waals surface area contributed by atoms with Gasteiger partial charge in [-0.05, 0) is 69.9 Å². The monoisotopic (exact) mass is 294 g/mol. The Balaban J connectivity index is 1.59. The fourth-order valence-corrected chi connectivity index (χ4v) is 3.51. The van der Waals surface area contributed by atoms with Crippen molar-refractivity contribution in [3.63, 3.8) is 0 Å². The molecule has 1 saturated heterocycles. The molecule has 1 N–H and O–H groups in total. The predicted molar refractivity (Wildman–Crippen MR) is 85.5 cm³/mol. The minimum Gasteiger partial charge on any atom is -0.465 e. The predicted octanol–water partition coefficient (Wildman–Crippen LogP) is 3.44. The third kappa shape index (κ3) is 5.70. The summed E-state index contributed by atoms with van der Waals surface area (Å²) in [5, 5.41) is 8.85. The molecule has 1 saturated carbocycles. The fraction of sp³-hybridized carbons (Fsp3) is 0.824. The third-order valence-corrected chi connectivity index (χ3v) is 5.06. The molecule has 120 valence electrons. The molecule has 1 heterocycles. The van der Waals surface area contributed by atoms with Crippen LogP contribution in [0.1, 0.15) is 44.9 Å². The van der Waals surface area contributed by atoms with Gasteiger partial charge in [0, 0.05) is 20.1 Å². The van der Waals surface area contributed by atoms with Crippen molar-refractivity contribution in [2.75, 3.05) is 33.2 Å². The molecule has 0 aromatic rings. The Morgan fingerprint density at radius 2 is 1.90 bits per heavy atom. The van der Waals surface area contributed by atoms with Gasteiger partial charge < -0.3 is 10.0 Å². The SMILES string of the molecule is CN(CCC1CCC(/C=C/CN2CCCC2)CC1)C(=O)O. The van der Waals surface area contributed by atoms with E-state index in [-0.39, 0.29) is 0 Å². The number of likely N-dealkylation sites (tertiary alicyclic amines) is 1. The Kier molecular flexibility index (Phi) is 6.55. The van der Waals surface area contributed by atoms with Crippen molar-refractivity contribution in [1.29, 1.82) is 0 Å². The molecule has 1 amide bonds. The summed E-state index contributed by atoms with van der Waals surface area (Å²) in [6, 6.07) is 0. The summed E-state index contributed by atoms with van der Waals surface area (Å²) in [6.45, 7) is 4.35. The molecule has 2 fully saturated rings. The van der Waals surface area contributed by atoms with Crippen LogP contribution in [0.5, 0.6) is 0 Å². The van der Waals surface area contributed by atoms with Gasteiger partial charge in [-0.15, -0.1) is 0 Å². The minimum absolute atomic E-state index is 0.676. The van der Waals surface area contributed by atoms with E-state index in [0.717, 1.165) is 24.8 Å². The molecular formula is C17H30N2O2. The van der Waals surface area contributed by atoms with E-state index >= 15 is 0 Å². The maximum Gasteiger partial charge on any atom is 0.407 e. The second kappa shape index (κ2) is 8.42. The zero-order chi connectivity index (χ0) is 15.1. The smallest absolute Gasteiger partial charge is 0.407 e. The number of amides is 1. The highest BCUT2D eigenvalue weighted by Crippen LogP contribution is 2.31. The maximum atomic E-state index is 10.8. The van der Waals surface area contributed by atoms with Crippen LogP contribution in [0.2, 0.25) is 0 Å². The molecule has 0 aromatic heterocycles. The second-order valence-electron chi connectivity index (χ2n) is 6.71. The van der Waals surface area contributed by atoms with E-state index in [4.69, 9.17) is 5.11 Å². The van der Waals surface area contributed by atoms with Crippen molar-refractivity contribution in [1.82, 2.24) is 9.80 Å². The molecule has 4 nitrogen and oxygen atoms in total. The van der Waals surface area contributed by atoms with Crippen molar-refractivity contribution in [3.05, 3.63) is 12.2 Å². The Hall–Kier alpha value is -1.03. The lowest BCUT2D eigenvalue weighted by Gasteiger charge is -2.28. The van der Waals surface area contributed by atoms with Crippen molar-refractivity contribution in [3.8, 4) is 0 Å². The molecule has 0 spiro atoms. The molecule has 2 rings (SSSR count). The zero-order valence-electron chi connectivity index (χ0n) is 13.3. The van der Waals surface area contributed by atoms with Gasteiger partial charge in [-0.25, -0.2) is 4.79 Å². The van der Waals surface area contributed by atoms with Gasteiger partial charge in [-0.2, -0.15) is 0 Å². The largest absolute Gasteiger partial charge is 0.465 e. The molecule has 0 radical (unpaired) electrons. The Bertz CT molecular complexity index is 343. The molecule has 2 aliphatic rings. The number of carboxylic acid groups (broad SMARTS) is 1. The second-order valence-corrected chi connectivity index (χ2v) is 6.71. The number of rotatable bonds is 6. The summed E-state index contributed by atoms with van der Waals surface area (Å²) in [7, 11) is 1.66. The van der Waals surface area contributed by atoms with E-state index in [0.29, 0.717) is 6.54 Å². The van der Waals surface area contributed by atoms with Gasteiger partial charge in [-0.1, -0.05) is 12.2 Å². The zero-order valence-corrected chi connectivity index (χ0v) is 13.3. The van der Waals surface area contributed by atoms with E-state index < -0.39 is 6.09 Å². The molecule has 4 heteroatoms. The van der Waals surface area contributed by atoms with E-state index in [1.165, 1.54) is 56.5 Å². The van der Waals surface area contributed by atoms with Gasteiger partial charge in [0.05, 0.1) is 0 Å². The molecule has 1 aliphatic heterocycles. The molecule has 0 atom stereocenters. The summed E-state index contributed by atoms with van der Waals surface area (Å²) >= 11 is 0. The first-order valence-corrected chi connectivity index (χ1v) is 8.48. The van der Waals surface area contributed by atoms with Crippen molar-refractivity contribution in [2.24, 2.45) is 11.8 Å². The van der Waals surface area contributed by atoms with Crippen LogP contribution in [-0.4, -0.2) is 54.2 Å². The Morgan fingerprint density at radius 3 is 2.52 bits per heavy atom. The van der Waals surface area contributed by atoms with Crippen LogP contribution in [0.4, 0.5) is 4.79 Å². The van der Waals surface area contributed by atoms with E-state index in [2.05, 4.69) is 17.1 Å². The fourth-order valence-electron chi connectivity index (χ4n) is 3.51. The highest BCUT2D eigenvalue weighted by atomic mass is 16.4. The lowest BCUT2D eigenvalue weighted by Crippen LogP contribution is -2.28. The topological polar surface area (TPSA) is 43.8 Å². The van der Waals surface area contributed by atoms with E-state index in [1.54, 1.807) is 7.05 Å². The first-order valence-electron chi connectivity index (χ1n) is 8.48. The molecule has 0 unspecified atom stereocenters. The summed E-state index contributed by atoms with van der Waals surface area (Å²) in [5.41, 5.74) is 0. The van der Waals surface area contributed by atoms with Crippen LogP contribution in [0.3, 0.4) is 0 Å². The lowest BCUT2D eigenvalue weighted by molar-refractivity contribution is 0.150. The highest BCUT2D eigenvalue weighted by molar-refractivity contribution is 5.64. The minimum atomic E-state index is -0.812. The number of hydrogen-bond acceptors (Lipinski definition) is 2. The van der Waals surface area contributed by atoms with E-state index in [9.17, 15) is 4.79 Å². The Labute approximate surface area is 128 Å². The van der Waals surface area contributed by atoms with Gasteiger partial charge in [0.15, 0.2) is 0 Å². The van der Waals surface area contributed by atoms with Crippen molar-refractivity contribution < 1.29 is 9.90 Å². The van der Waals surface area contributed by atoms with Gasteiger partial charge in [0.2, 0.25) is 0 Å². The maximum absolute atomic E-state index is 10.8. The molecular weight excluding hydrogens is 264 g/mol. The highest BCUT2D eigenvalue weighted by Gasteiger charge is 2.20. The molecule has 0 aromatic carbocycles. The third-order valence-electron chi connectivity index (χ3n) is 5.06. The Morgan fingerprint density at radius 1 is 1.24 bits per heavy atom. The summed E-state index contributed by atoms with van der Waals surface area (Å²) in [4.78, 5) is 14.7. The van der Waals surface area contributed by atoms with Crippen LogP contribution < -0.4 is 0 Å². The van der Waals surface area contributed by atoms with Crippen LogP contribution in [0, 0.1) is 11.8 Å². The normalized spacial score (nSPS) is 27.3. The van der Waals surface area contributed by atoms with Crippen molar-refractivity contribution >= 4 is 6.09 Å². The van der Waals surface area contributed by atoms with Gasteiger partial charge in [0.25, 0.3) is 0 Å². The molecule has 21 heavy (non-hydrogen) atoms. The van der Waals surface area contributed by atoms with Gasteiger partial charge in [0.1, 0.15) is 0 Å². The van der Waals surface area contributed by atoms with Crippen LogP contribution in [0.15, 0.2) is 12.2 Å². The van der Waals surface area contributed by atoms with E-state index in [1.807, 2.05) is 0 Å². The number of hydrogen-bond donors (Lipinski definition) is 1. The summed E-state index contributed by atoms with van der Waals surface area (Å²) in [6.07, 6.45) is 12.8. The van der Waals surface area contributed by atoms with Gasteiger partial charge in [-0.3, -0.25) is 4.90 Å². The first kappa shape index (κ1) is 16.3. The average Bonchev–Trinajstić information content (AvgIpc) is 2.99. The van der Waals surface area contributed by atoms with Crippen LogP contribution >= 0.6 is 0 Å². The van der Waals surface area contributed by atoms with Crippen molar-refractivity contribution in [2.45, 2.75) is 44.9 Å². The summed E-state index contributed by atoms with van der Waals surface area (Å²) < 4.78 is 0. The lowest BCUT2D eigenvalue weighted by atomic mass is 9.80. The first-order chi connectivity index (χ1) is 10.1. The number of carbonyl (C=O) groups is 1. The van der Waals surface area contributed by atoms with Gasteiger partial charge >= 0.3 is 6.09 Å². The quantitative estimate of drug-likeness (QED) is 0.763. The average molecular weight is 294 g/mol. The van der Waals surface area contributed by atoms with Crippen LogP contribution in [0.25, 0.3) is 0 Å².